The van der Waals surface area contributed by atoms with Gasteiger partial charge in [0, 0.05) is 23.0 Å². The highest BCUT2D eigenvalue weighted by atomic mass is 14.9. The average Bonchev–Trinajstić information content (AvgIpc) is 3.34. The Balaban J connectivity index is 1.52. The Morgan fingerprint density at radius 3 is 2.91 bits per heavy atom. The summed E-state index contributed by atoms with van der Waals surface area (Å²) >= 11 is 0. The topological polar surface area (TPSA) is 40.7 Å². The van der Waals surface area contributed by atoms with Crippen LogP contribution in [-0.2, 0) is 6.42 Å². The minimum Gasteiger partial charge on any atom is -0.378 e. The first-order valence-electron chi connectivity index (χ1n) is 8.70. The number of rotatable bonds is 3. The summed E-state index contributed by atoms with van der Waals surface area (Å²) in [6.07, 6.45) is 8.18. The van der Waals surface area contributed by atoms with Crippen LogP contribution in [-0.4, -0.2) is 9.97 Å². The molecular formula is C20H21N3. The van der Waals surface area contributed by atoms with E-state index in [1.54, 1.807) is 0 Å². The Morgan fingerprint density at radius 2 is 2.00 bits per heavy atom. The Kier molecular flexibility index (Phi) is 2.93. The van der Waals surface area contributed by atoms with Crippen LogP contribution in [0.15, 0.2) is 42.6 Å². The molecule has 1 atom stereocenters. The van der Waals surface area contributed by atoms with Crippen LogP contribution in [0.2, 0.25) is 0 Å². The zero-order valence-corrected chi connectivity index (χ0v) is 13.2. The van der Waals surface area contributed by atoms with Gasteiger partial charge >= 0.3 is 0 Å². The van der Waals surface area contributed by atoms with Crippen molar-refractivity contribution < 1.29 is 0 Å². The normalized spacial score (nSPS) is 20.4. The lowest BCUT2D eigenvalue weighted by Crippen LogP contribution is -2.17. The molecule has 3 nitrogen and oxygen atoms in total. The number of fused-ring (bicyclic) bond motifs is 2. The van der Waals surface area contributed by atoms with Crippen LogP contribution < -0.4 is 5.32 Å². The van der Waals surface area contributed by atoms with Crippen LogP contribution in [0, 0.1) is 0 Å². The van der Waals surface area contributed by atoms with Crippen molar-refractivity contribution in [3.63, 3.8) is 0 Å². The summed E-state index contributed by atoms with van der Waals surface area (Å²) in [5, 5.41) is 5.03. The van der Waals surface area contributed by atoms with Crippen LogP contribution in [0.3, 0.4) is 0 Å². The third-order valence-electron chi connectivity index (χ3n) is 5.27. The van der Waals surface area contributed by atoms with Gasteiger partial charge < -0.3 is 10.3 Å². The number of hydrogen-bond acceptors (Lipinski definition) is 2. The van der Waals surface area contributed by atoms with E-state index < -0.39 is 0 Å². The van der Waals surface area contributed by atoms with Crippen molar-refractivity contribution in [2.24, 2.45) is 0 Å². The second-order valence-electron chi connectivity index (χ2n) is 6.91. The molecule has 0 amide bonds. The fourth-order valence-corrected chi connectivity index (χ4v) is 3.88. The van der Waals surface area contributed by atoms with E-state index in [0.717, 1.165) is 11.6 Å². The molecule has 1 unspecified atom stereocenters. The fourth-order valence-electron chi connectivity index (χ4n) is 3.88. The molecule has 0 saturated heterocycles. The lowest BCUT2D eigenvalue weighted by atomic mass is 9.87. The van der Waals surface area contributed by atoms with Crippen LogP contribution in [0.25, 0.3) is 11.0 Å². The van der Waals surface area contributed by atoms with E-state index >= 15 is 0 Å². The van der Waals surface area contributed by atoms with Gasteiger partial charge in [0.15, 0.2) is 0 Å². The van der Waals surface area contributed by atoms with Gasteiger partial charge in [-0.15, -0.1) is 0 Å². The molecule has 1 fully saturated rings. The molecule has 0 aliphatic heterocycles. The van der Waals surface area contributed by atoms with Crippen molar-refractivity contribution in [2.75, 3.05) is 5.32 Å². The number of H-pyrrole nitrogens is 1. The molecule has 2 N–H and O–H groups in total. The monoisotopic (exact) mass is 303 g/mol. The summed E-state index contributed by atoms with van der Waals surface area (Å²) in [4.78, 5) is 8.02. The van der Waals surface area contributed by atoms with E-state index in [1.165, 1.54) is 60.0 Å². The summed E-state index contributed by atoms with van der Waals surface area (Å²) in [7, 11) is 0. The van der Waals surface area contributed by atoms with Crippen LogP contribution in [0.4, 0.5) is 5.69 Å². The van der Waals surface area contributed by atoms with Gasteiger partial charge in [-0.2, -0.15) is 0 Å². The van der Waals surface area contributed by atoms with Crippen molar-refractivity contribution in [1.82, 2.24) is 9.97 Å². The Hall–Kier alpha value is -2.29. The minimum absolute atomic E-state index is 0.407. The van der Waals surface area contributed by atoms with Gasteiger partial charge in [-0.3, -0.25) is 0 Å². The molecule has 3 heteroatoms. The zero-order valence-electron chi connectivity index (χ0n) is 13.2. The van der Waals surface area contributed by atoms with Crippen LogP contribution >= 0.6 is 0 Å². The van der Waals surface area contributed by atoms with Crippen LogP contribution in [0.5, 0.6) is 0 Å². The molecule has 0 radical (unpaired) electrons. The molecule has 0 bridgehead atoms. The smallest absolute Gasteiger partial charge is 0.139 e. The number of anilines is 1. The zero-order chi connectivity index (χ0) is 15.2. The van der Waals surface area contributed by atoms with E-state index in [-0.39, 0.29) is 0 Å². The molecule has 5 rings (SSSR count). The SMILES string of the molecule is c1ccc2c(c1)CCCC2Nc1ccnc2[nH]c(C3CC3)cc12. The molecule has 0 spiro atoms. The molecule has 1 saturated carbocycles. The van der Waals surface area contributed by atoms with Crippen molar-refractivity contribution in [3.05, 3.63) is 59.4 Å². The first kappa shape index (κ1) is 13.2. The van der Waals surface area contributed by atoms with Crippen molar-refractivity contribution >= 4 is 16.7 Å². The molecule has 2 aromatic heterocycles. The first-order chi connectivity index (χ1) is 11.4. The molecule has 2 aliphatic rings. The number of nitrogens with one attached hydrogen (secondary N) is 2. The van der Waals surface area contributed by atoms with Gasteiger partial charge in [-0.05, 0) is 61.3 Å². The Morgan fingerprint density at radius 1 is 1.09 bits per heavy atom. The maximum atomic E-state index is 4.51. The number of hydrogen-bond donors (Lipinski definition) is 2. The average molecular weight is 303 g/mol. The lowest BCUT2D eigenvalue weighted by molar-refractivity contribution is 0.601. The van der Waals surface area contributed by atoms with Gasteiger partial charge in [0.25, 0.3) is 0 Å². The van der Waals surface area contributed by atoms with Crippen molar-refractivity contribution in [1.29, 1.82) is 0 Å². The summed E-state index contributed by atoms with van der Waals surface area (Å²) in [6.45, 7) is 0. The standard InChI is InChI=1S/C20H21N3/c1-2-6-15-13(4-1)5-3-7-17(15)22-18-10-11-21-20-16(18)12-19(23-20)14-8-9-14/h1-2,4,6,10-12,14,17H,3,5,7-9H2,(H2,21,22,23). The molecule has 3 aromatic rings. The predicted octanol–water partition coefficient (Wildman–Crippen LogP) is 4.93. The fraction of sp³-hybridized carbons (Fsp3) is 0.350. The predicted molar refractivity (Wildman–Crippen MR) is 93.8 cm³/mol. The number of pyridine rings is 1. The third-order valence-corrected chi connectivity index (χ3v) is 5.27. The minimum atomic E-state index is 0.407. The van der Waals surface area contributed by atoms with Crippen LogP contribution in [0.1, 0.15) is 54.5 Å². The van der Waals surface area contributed by atoms with Gasteiger partial charge in [0.2, 0.25) is 0 Å². The second-order valence-corrected chi connectivity index (χ2v) is 6.91. The molecule has 23 heavy (non-hydrogen) atoms. The van der Waals surface area contributed by atoms with Gasteiger partial charge in [-0.25, -0.2) is 4.98 Å². The van der Waals surface area contributed by atoms with Crippen molar-refractivity contribution in [3.8, 4) is 0 Å². The number of aromatic amines is 1. The van der Waals surface area contributed by atoms with E-state index in [2.05, 4.69) is 51.7 Å². The molecule has 1 aromatic carbocycles. The molecule has 2 heterocycles. The third kappa shape index (κ3) is 2.31. The van der Waals surface area contributed by atoms with E-state index in [4.69, 9.17) is 0 Å². The maximum absolute atomic E-state index is 4.51. The first-order valence-corrected chi connectivity index (χ1v) is 8.70. The Labute approximate surface area is 136 Å². The van der Waals surface area contributed by atoms with Gasteiger partial charge in [-0.1, -0.05) is 24.3 Å². The Bertz CT molecular complexity index is 860. The highest BCUT2D eigenvalue weighted by Gasteiger charge is 2.26. The number of nitrogens with zero attached hydrogens (tertiary/aromatic N) is 1. The maximum Gasteiger partial charge on any atom is 0.139 e. The van der Waals surface area contributed by atoms with Crippen molar-refractivity contribution in [2.45, 2.75) is 44.1 Å². The highest BCUT2D eigenvalue weighted by molar-refractivity contribution is 5.90. The number of aryl methyl sites for hydroxylation is 1. The van der Waals surface area contributed by atoms with Gasteiger partial charge in [0.05, 0.1) is 6.04 Å². The largest absolute Gasteiger partial charge is 0.378 e. The van der Waals surface area contributed by atoms with E-state index in [9.17, 15) is 0 Å². The highest BCUT2D eigenvalue weighted by Crippen LogP contribution is 2.41. The van der Waals surface area contributed by atoms with E-state index in [0.29, 0.717) is 6.04 Å². The lowest BCUT2D eigenvalue weighted by Gasteiger charge is -2.27. The van der Waals surface area contributed by atoms with E-state index in [1.807, 2.05) is 6.20 Å². The molecular weight excluding hydrogens is 282 g/mol. The number of benzene rings is 1. The quantitative estimate of drug-likeness (QED) is 0.720. The summed E-state index contributed by atoms with van der Waals surface area (Å²) in [6, 6.07) is 13.7. The summed E-state index contributed by atoms with van der Waals surface area (Å²) < 4.78 is 0. The number of aromatic nitrogens is 2. The summed E-state index contributed by atoms with van der Waals surface area (Å²) in [5.41, 5.74) is 6.53. The summed E-state index contributed by atoms with van der Waals surface area (Å²) in [5.74, 6) is 0.729. The molecule has 116 valence electrons. The molecule has 2 aliphatic carbocycles. The second kappa shape index (κ2) is 5.12. The van der Waals surface area contributed by atoms with Gasteiger partial charge in [0.1, 0.15) is 5.65 Å².